The van der Waals surface area contributed by atoms with Crippen LogP contribution in [0.4, 0.5) is 11.4 Å². The van der Waals surface area contributed by atoms with Gasteiger partial charge in [0, 0.05) is 40.8 Å². The molecule has 8 nitrogen and oxygen atoms in total. The van der Waals surface area contributed by atoms with Gasteiger partial charge in [-0.1, -0.05) is 72.3 Å². The number of halogens is 1. The molecule has 4 aromatic rings. The molecule has 0 radical (unpaired) electrons. The van der Waals surface area contributed by atoms with E-state index in [-0.39, 0.29) is 16.7 Å². The topological polar surface area (TPSA) is 112 Å². The number of allylic oxidation sites excluding steroid dienone is 8. The molecule has 4 aromatic carbocycles. The fourth-order valence-corrected chi connectivity index (χ4v) is 12.0. The molecular weight excluding hydrogens is 752 g/mol. The van der Waals surface area contributed by atoms with Crippen LogP contribution in [0.25, 0.3) is 21.5 Å². The molecular formula is C44H47ClN2O6S2+2. The van der Waals surface area contributed by atoms with Crippen LogP contribution in [-0.2, 0) is 31.1 Å². The maximum atomic E-state index is 12.9. The van der Waals surface area contributed by atoms with Crippen molar-refractivity contribution in [3.63, 3.8) is 0 Å². The summed E-state index contributed by atoms with van der Waals surface area (Å²) in [6, 6.07) is 24.7. The summed E-state index contributed by atoms with van der Waals surface area (Å²) < 4.78 is 71.5. The predicted octanol–water partition coefficient (Wildman–Crippen LogP) is 9.61. The molecule has 8 rings (SSSR count). The van der Waals surface area contributed by atoms with Gasteiger partial charge in [0.1, 0.15) is 17.9 Å². The third-order valence-corrected chi connectivity index (χ3v) is 15.0. The summed E-state index contributed by atoms with van der Waals surface area (Å²) in [5, 5.41) is 4.12. The standard InChI is InChI=1S/C44H45ClN2O6S2/c1-43(2)37(46(26-10-28-54(48,49)50)35-21-17-29-11-5-7-15-33(29)40(35)43)23-19-31-13-9-14-32(42(31)45)20-24-38-44(3,4)41-34-16-8-6-12-30(34)18-22-36(41)47(38)27-25-39(47)55(51,52)53/h5-8,11-12,15-24,39H,9-10,13-14,25-28H2,1-4H3/p+2/b23-19+,32-20+,38-24+. The van der Waals surface area contributed by atoms with Crippen LogP contribution in [0.15, 0.2) is 119 Å². The molecule has 2 N–H and O–H groups in total. The van der Waals surface area contributed by atoms with Gasteiger partial charge in [0.2, 0.25) is 11.1 Å². The van der Waals surface area contributed by atoms with Crippen molar-refractivity contribution in [1.82, 2.24) is 4.48 Å². The average Bonchev–Trinajstić information content (AvgIpc) is 3.46. The van der Waals surface area contributed by atoms with Gasteiger partial charge in [-0.05, 0) is 97.9 Å². The summed E-state index contributed by atoms with van der Waals surface area (Å²) in [4.78, 5) is 0. The first-order valence-electron chi connectivity index (χ1n) is 18.9. The van der Waals surface area contributed by atoms with Crippen LogP contribution in [0.3, 0.4) is 0 Å². The highest BCUT2D eigenvalue weighted by Crippen LogP contribution is 2.60. The molecule has 0 aromatic heterocycles. The number of quaternary nitrogens is 1. The second kappa shape index (κ2) is 13.4. The van der Waals surface area contributed by atoms with Gasteiger partial charge < -0.3 is 0 Å². The van der Waals surface area contributed by atoms with Gasteiger partial charge in [0.25, 0.3) is 10.1 Å². The van der Waals surface area contributed by atoms with Gasteiger partial charge in [-0.15, -0.1) is 0 Å². The number of rotatable bonds is 8. The van der Waals surface area contributed by atoms with Gasteiger partial charge in [-0.25, -0.2) is 4.48 Å². The molecule has 4 aliphatic rings. The summed E-state index contributed by atoms with van der Waals surface area (Å²) in [5.74, 6) is -0.326. The lowest BCUT2D eigenvalue weighted by molar-refractivity contribution is -0.437. The first-order valence-corrected chi connectivity index (χ1v) is 22.4. The molecule has 1 saturated heterocycles. The fourth-order valence-electron chi connectivity index (χ4n) is 10.0. The lowest BCUT2D eigenvalue weighted by Crippen LogP contribution is -2.68. The van der Waals surface area contributed by atoms with Crippen molar-refractivity contribution in [3.8, 4) is 0 Å². The van der Waals surface area contributed by atoms with E-state index in [2.05, 4.69) is 93.0 Å². The molecule has 11 heteroatoms. The van der Waals surface area contributed by atoms with Crippen LogP contribution in [-0.4, -0.2) is 60.4 Å². The Hall–Kier alpha value is -3.90. The molecule has 55 heavy (non-hydrogen) atoms. The summed E-state index contributed by atoms with van der Waals surface area (Å²) in [7, 11) is -8.47. The second-order valence-corrected chi connectivity index (χ2v) is 19.9. The first kappa shape index (κ1) is 38.0. The molecule has 2 atom stereocenters. The molecule has 0 bridgehead atoms. The van der Waals surface area contributed by atoms with Crippen LogP contribution in [0.1, 0.15) is 70.9 Å². The lowest BCUT2D eigenvalue weighted by atomic mass is 9.78. The molecule has 0 saturated carbocycles. The number of benzene rings is 4. The minimum Gasteiger partial charge on any atom is -0.286 e. The van der Waals surface area contributed by atoms with Crippen LogP contribution in [0, 0.1) is 0 Å². The van der Waals surface area contributed by atoms with Gasteiger partial charge in [0.05, 0.1) is 29.5 Å². The van der Waals surface area contributed by atoms with Crippen molar-refractivity contribution in [2.24, 2.45) is 0 Å². The molecule has 3 heterocycles. The summed E-state index contributed by atoms with van der Waals surface area (Å²) in [6.45, 7) is 9.65. The zero-order valence-electron chi connectivity index (χ0n) is 31.6. The van der Waals surface area contributed by atoms with Gasteiger partial charge >= 0.3 is 10.1 Å². The maximum absolute atomic E-state index is 12.9. The zero-order valence-corrected chi connectivity index (χ0v) is 34.0. The summed E-state index contributed by atoms with van der Waals surface area (Å²) in [5.41, 5.74) is 7.14. The Kier molecular flexibility index (Phi) is 9.23. The second-order valence-electron chi connectivity index (χ2n) is 16.4. The van der Waals surface area contributed by atoms with E-state index in [1.54, 1.807) is 0 Å². The SMILES string of the molecule is CC1(C)C(/C=C/C2=C(Cl)C(=C/C=C3\C(C)(C)c4c(ccc5ccccc45)[N+]34CCC4S(=O)(=O)O)/CCC2)=[N+](CCCS(=O)(=O)O)c2ccc3ccccc3c21. The molecule has 3 aliphatic heterocycles. The van der Waals surface area contributed by atoms with Gasteiger partial charge in [-0.2, -0.15) is 21.4 Å². The monoisotopic (exact) mass is 798 g/mol. The summed E-state index contributed by atoms with van der Waals surface area (Å²) >= 11 is 7.26. The largest absolute Gasteiger partial charge is 0.320 e. The van der Waals surface area contributed by atoms with E-state index in [9.17, 15) is 25.9 Å². The number of hydrogen-bond donors (Lipinski definition) is 2. The van der Waals surface area contributed by atoms with Crippen LogP contribution in [0.2, 0.25) is 0 Å². The Morgan fingerprint density at radius 1 is 0.818 bits per heavy atom. The highest BCUT2D eigenvalue weighted by molar-refractivity contribution is 7.86. The molecule has 2 unspecified atom stereocenters. The minimum atomic E-state index is -4.36. The fraction of sp³-hybridized carbons (Fsp3) is 0.341. The van der Waals surface area contributed by atoms with E-state index in [0.717, 1.165) is 80.3 Å². The first-order chi connectivity index (χ1) is 26.0. The van der Waals surface area contributed by atoms with Crippen molar-refractivity contribution in [2.75, 3.05) is 18.8 Å². The van der Waals surface area contributed by atoms with Crippen LogP contribution in [0.5, 0.6) is 0 Å². The quantitative estimate of drug-likeness (QED) is 0.104. The number of nitrogens with zero attached hydrogens (tertiary/aromatic N) is 2. The van der Waals surface area contributed by atoms with Crippen LogP contribution >= 0.6 is 11.6 Å². The van der Waals surface area contributed by atoms with E-state index in [1.807, 2.05) is 36.4 Å². The zero-order chi connectivity index (χ0) is 39.1. The highest BCUT2D eigenvalue weighted by atomic mass is 35.5. The maximum Gasteiger partial charge on any atom is 0.320 e. The molecule has 1 fully saturated rings. The average molecular weight is 799 g/mol. The summed E-state index contributed by atoms with van der Waals surface area (Å²) in [6.07, 6.45) is 11.4. The highest BCUT2D eigenvalue weighted by Gasteiger charge is 2.66. The minimum absolute atomic E-state index is 0.0833. The Bertz CT molecular complexity index is 2690. The third-order valence-electron chi connectivity index (χ3n) is 12.5. The van der Waals surface area contributed by atoms with Gasteiger partial charge in [-0.3, -0.25) is 9.11 Å². The van der Waals surface area contributed by atoms with E-state index in [1.165, 1.54) is 5.56 Å². The Balaban J connectivity index is 1.20. The lowest BCUT2D eigenvalue weighted by Gasteiger charge is -2.49. The van der Waals surface area contributed by atoms with Crippen molar-refractivity contribution < 1.29 is 30.5 Å². The normalized spacial score (nSPS) is 24.8. The van der Waals surface area contributed by atoms with E-state index in [0.29, 0.717) is 24.5 Å². The van der Waals surface area contributed by atoms with E-state index < -0.39 is 36.4 Å². The predicted molar refractivity (Wildman–Crippen MR) is 223 cm³/mol. The Morgan fingerprint density at radius 2 is 1.47 bits per heavy atom. The molecule has 0 amide bonds. The molecule has 1 aliphatic carbocycles. The van der Waals surface area contributed by atoms with Crippen molar-refractivity contribution in [1.29, 1.82) is 0 Å². The Labute approximate surface area is 328 Å². The Morgan fingerprint density at radius 3 is 2.11 bits per heavy atom. The number of hydrogen-bond acceptors (Lipinski definition) is 4. The van der Waals surface area contributed by atoms with Crippen LogP contribution < -0.4 is 4.48 Å². The molecule has 286 valence electrons. The van der Waals surface area contributed by atoms with E-state index >= 15 is 0 Å². The number of fused-ring (bicyclic) bond motifs is 7. The van der Waals surface area contributed by atoms with Crippen molar-refractivity contribution in [3.05, 3.63) is 130 Å². The van der Waals surface area contributed by atoms with E-state index in [4.69, 9.17) is 11.6 Å². The van der Waals surface area contributed by atoms with Crippen molar-refractivity contribution >= 4 is 70.5 Å². The third kappa shape index (κ3) is 6.17. The smallest absolute Gasteiger partial charge is 0.286 e. The van der Waals surface area contributed by atoms with Gasteiger partial charge in [0.15, 0.2) is 5.71 Å². The molecule has 1 spiro atoms. The van der Waals surface area contributed by atoms with Crippen molar-refractivity contribution in [2.45, 2.75) is 76.0 Å².